The van der Waals surface area contributed by atoms with Crippen LogP contribution in [-0.4, -0.2) is 54.3 Å². The van der Waals surface area contributed by atoms with Crippen LogP contribution in [0.15, 0.2) is 48.8 Å². The minimum atomic E-state index is -0.170. The van der Waals surface area contributed by atoms with Gasteiger partial charge in [0.1, 0.15) is 6.61 Å². The normalized spacial score (nSPS) is 14.1. The van der Waals surface area contributed by atoms with Crippen molar-refractivity contribution in [2.24, 2.45) is 0 Å². The molecule has 0 spiro atoms. The summed E-state index contributed by atoms with van der Waals surface area (Å²) in [4.78, 5) is 25.3. The molecule has 3 amide bonds. The summed E-state index contributed by atoms with van der Waals surface area (Å²) in [7, 11) is 1.47. The Morgan fingerprint density at radius 2 is 1.96 bits per heavy atom. The van der Waals surface area contributed by atoms with Gasteiger partial charge in [0.15, 0.2) is 0 Å². The van der Waals surface area contributed by atoms with Gasteiger partial charge in [-0.2, -0.15) is 0 Å². The van der Waals surface area contributed by atoms with Crippen LogP contribution in [0.1, 0.15) is 0 Å². The highest BCUT2D eigenvalue weighted by Crippen LogP contribution is 2.17. The van der Waals surface area contributed by atoms with Gasteiger partial charge in [0, 0.05) is 44.0 Å². The number of rotatable bonds is 5. The molecule has 2 heterocycles. The van der Waals surface area contributed by atoms with Crippen LogP contribution in [0.5, 0.6) is 0 Å². The first-order valence-electron chi connectivity index (χ1n) is 7.73. The van der Waals surface area contributed by atoms with Gasteiger partial charge in [0.2, 0.25) is 5.91 Å². The lowest BCUT2D eigenvalue weighted by Crippen LogP contribution is -2.62. The highest BCUT2D eigenvalue weighted by molar-refractivity contribution is 5.90. The third-order valence-corrected chi connectivity index (χ3v) is 3.81. The van der Waals surface area contributed by atoms with Crippen LogP contribution in [0, 0.1) is 0 Å². The van der Waals surface area contributed by atoms with Gasteiger partial charge in [-0.15, -0.1) is 0 Å². The SMILES string of the molecule is COCC(=O)NC1CN(C(=O)Nc2cccc(-n3cccc3)c2)C1. The largest absolute Gasteiger partial charge is 0.375 e. The molecule has 0 bridgehead atoms. The van der Waals surface area contributed by atoms with E-state index in [-0.39, 0.29) is 24.6 Å². The quantitative estimate of drug-likeness (QED) is 0.872. The van der Waals surface area contributed by atoms with Gasteiger partial charge in [-0.3, -0.25) is 4.79 Å². The number of aromatic nitrogens is 1. The van der Waals surface area contributed by atoms with Crippen LogP contribution in [-0.2, 0) is 9.53 Å². The van der Waals surface area contributed by atoms with E-state index in [9.17, 15) is 9.59 Å². The van der Waals surface area contributed by atoms with Gasteiger partial charge in [0.25, 0.3) is 0 Å². The Balaban J connectivity index is 1.51. The van der Waals surface area contributed by atoms with Crippen molar-refractivity contribution in [2.75, 3.05) is 32.1 Å². The molecule has 0 unspecified atom stereocenters. The molecule has 2 N–H and O–H groups in total. The third-order valence-electron chi connectivity index (χ3n) is 3.81. The lowest BCUT2D eigenvalue weighted by Gasteiger charge is -2.39. The van der Waals surface area contributed by atoms with E-state index >= 15 is 0 Å². The topological polar surface area (TPSA) is 75.6 Å². The summed E-state index contributed by atoms with van der Waals surface area (Å²) in [5, 5.41) is 5.69. The van der Waals surface area contributed by atoms with Crippen molar-refractivity contribution in [1.29, 1.82) is 0 Å². The molecule has 1 aliphatic heterocycles. The maximum atomic E-state index is 12.2. The van der Waals surface area contributed by atoms with Gasteiger partial charge < -0.3 is 24.8 Å². The number of carbonyl (C=O) groups is 2. The number of ether oxygens (including phenoxy) is 1. The van der Waals surface area contributed by atoms with E-state index in [1.54, 1.807) is 4.90 Å². The van der Waals surface area contributed by atoms with Crippen molar-refractivity contribution < 1.29 is 14.3 Å². The number of likely N-dealkylation sites (tertiary alicyclic amines) is 1. The Morgan fingerprint density at radius 3 is 2.67 bits per heavy atom. The molecule has 3 rings (SSSR count). The second-order valence-corrected chi connectivity index (χ2v) is 5.67. The third kappa shape index (κ3) is 3.75. The summed E-state index contributed by atoms with van der Waals surface area (Å²) in [6, 6.07) is 11.3. The van der Waals surface area contributed by atoms with Crippen molar-refractivity contribution in [3.05, 3.63) is 48.8 Å². The molecule has 0 saturated carbocycles. The van der Waals surface area contributed by atoms with E-state index in [1.807, 2.05) is 53.4 Å². The zero-order valence-electron chi connectivity index (χ0n) is 13.4. The second kappa shape index (κ2) is 7.18. The molecule has 1 aromatic heterocycles. The summed E-state index contributed by atoms with van der Waals surface area (Å²) in [6.07, 6.45) is 3.90. The number of amides is 3. The summed E-state index contributed by atoms with van der Waals surface area (Å²) >= 11 is 0. The van der Waals surface area contributed by atoms with Crippen molar-refractivity contribution in [3.63, 3.8) is 0 Å². The lowest BCUT2D eigenvalue weighted by molar-refractivity contribution is -0.126. The molecule has 126 valence electrons. The Kier molecular flexibility index (Phi) is 4.81. The number of benzene rings is 1. The lowest BCUT2D eigenvalue weighted by atomic mass is 10.1. The van der Waals surface area contributed by atoms with E-state index in [0.717, 1.165) is 11.4 Å². The molecule has 0 aliphatic carbocycles. The predicted molar refractivity (Wildman–Crippen MR) is 90.2 cm³/mol. The van der Waals surface area contributed by atoms with E-state index in [2.05, 4.69) is 10.6 Å². The molecule has 2 aromatic rings. The fraction of sp³-hybridized carbons (Fsp3) is 0.294. The molecule has 0 radical (unpaired) electrons. The maximum Gasteiger partial charge on any atom is 0.321 e. The smallest absolute Gasteiger partial charge is 0.321 e. The van der Waals surface area contributed by atoms with Crippen LogP contribution in [0.25, 0.3) is 5.69 Å². The summed E-state index contributed by atoms with van der Waals surface area (Å²) < 4.78 is 6.73. The molecule has 1 saturated heterocycles. The number of nitrogens with one attached hydrogen (secondary N) is 2. The Bertz CT molecular complexity index is 708. The Labute approximate surface area is 140 Å². The zero-order valence-corrected chi connectivity index (χ0v) is 13.4. The summed E-state index contributed by atoms with van der Waals surface area (Å²) in [6.45, 7) is 1.03. The number of carbonyl (C=O) groups excluding carboxylic acids is 2. The molecule has 7 heteroatoms. The van der Waals surface area contributed by atoms with Crippen LogP contribution < -0.4 is 10.6 Å². The van der Waals surface area contributed by atoms with E-state index in [1.165, 1.54) is 7.11 Å². The first-order chi connectivity index (χ1) is 11.7. The van der Waals surface area contributed by atoms with E-state index < -0.39 is 0 Å². The number of urea groups is 1. The minimum absolute atomic E-state index is 0.00962. The van der Waals surface area contributed by atoms with Crippen LogP contribution >= 0.6 is 0 Å². The van der Waals surface area contributed by atoms with Crippen molar-refractivity contribution in [2.45, 2.75) is 6.04 Å². The second-order valence-electron chi connectivity index (χ2n) is 5.67. The van der Waals surface area contributed by atoms with Gasteiger partial charge >= 0.3 is 6.03 Å². The number of hydrogen-bond acceptors (Lipinski definition) is 3. The summed E-state index contributed by atoms with van der Waals surface area (Å²) in [5.41, 5.74) is 1.71. The van der Waals surface area contributed by atoms with E-state index in [4.69, 9.17) is 4.74 Å². The maximum absolute atomic E-state index is 12.2. The predicted octanol–water partition coefficient (Wildman–Crippen LogP) is 1.46. The zero-order chi connectivity index (χ0) is 16.9. The molecular formula is C17H20N4O3. The fourth-order valence-electron chi connectivity index (χ4n) is 2.59. The van der Waals surface area contributed by atoms with Crippen LogP contribution in [0.4, 0.5) is 10.5 Å². The number of anilines is 1. The Hall–Kier alpha value is -2.80. The minimum Gasteiger partial charge on any atom is -0.375 e. The van der Waals surface area contributed by atoms with Crippen molar-refractivity contribution >= 4 is 17.6 Å². The summed E-state index contributed by atoms with van der Waals surface area (Å²) in [5.74, 6) is -0.165. The standard InChI is InChI=1S/C17H20N4O3/c1-24-12-16(22)18-14-10-21(11-14)17(23)19-13-5-4-6-15(9-13)20-7-2-3-8-20/h2-9,14H,10-12H2,1H3,(H,18,22)(H,19,23). The first kappa shape index (κ1) is 16.1. The average Bonchev–Trinajstić information content (AvgIpc) is 3.05. The van der Waals surface area contributed by atoms with Gasteiger partial charge in [0.05, 0.1) is 6.04 Å². The molecule has 1 aromatic carbocycles. The molecule has 1 fully saturated rings. The highest BCUT2D eigenvalue weighted by atomic mass is 16.5. The van der Waals surface area contributed by atoms with Crippen molar-refractivity contribution in [3.8, 4) is 5.69 Å². The van der Waals surface area contributed by atoms with E-state index in [0.29, 0.717) is 13.1 Å². The molecule has 7 nitrogen and oxygen atoms in total. The van der Waals surface area contributed by atoms with Crippen LogP contribution in [0.2, 0.25) is 0 Å². The number of nitrogens with zero attached hydrogens (tertiary/aromatic N) is 2. The monoisotopic (exact) mass is 328 g/mol. The molecule has 1 aliphatic rings. The van der Waals surface area contributed by atoms with Gasteiger partial charge in [-0.1, -0.05) is 6.07 Å². The Morgan fingerprint density at radius 1 is 1.21 bits per heavy atom. The molecule has 24 heavy (non-hydrogen) atoms. The average molecular weight is 328 g/mol. The van der Waals surface area contributed by atoms with Gasteiger partial charge in [-0.05, 0) is 30.3 Å². The highest BCUT2D eigenvalue weighted by Gasteiger charge is 2.31. The van der Waals surface area contributed by atoms with Gasteiger partial charge in [-0.25, -0.2) is 4.79 Å². The number of methoxy groups -OCH3 is 1. The number of hydrogen-bond donors (Lipinski definition) is 2. The van der Waals surface area contributed by atoms with Crippen molar-refractivity contribution in [1.82, 2.24) is 14.8 Å². The first-order valence-corrected chi connectivity index (χ1v) is 7.73. The van der Waals surface area contributed by atoms with Crippen LogP contribution in [0.3, 0.4) is 0 Å². The molecular weight excluding hydrogens is 308 g/mol. The molecule has 0 atom stereocenters. The fourth-order valence-corrected chi connectivity index (χ4v) is 2.59.